The minimum Gasteiger partial charge on any atom is -0.491 e. The van der Waals surface area contributed by atoms with Crippen molar-refractivity contribution in [2.75, 3.05) is 32.8 Å². The van der Waals surface area contributed by atoms with Crippen molar-refractivity contribution in [1.82, 2.24) is 21.4 Å². The SMILES string of the molecule is CC(C)(C)NCC(O)COc1ccc(C(=O)NCCNC(=O)COc2ccc(C3=NNC(=O)CC3)cc2Cl)cc1. The number of aliphatic hydroxyl groups is 1. The molecule has 216 valence electrons. The summed E-state index contributed by atoms with van der Waals surface area (Å²) in [5, 5.41) is 23.0. The van der Waals surface area contributed by atoms with E-state index in [4.69, 9.17) is 21.1 Å². The quantitative estimate of drug-likeness (QED) is 0.230. The van der Waals surface area contributed by atoms with Crippen molar-refractivity contribution in [1.29, 1.82) is 0 Å². The molecule has 0 radical (unpaired) electrons. The Morgan fingerprint density at radius 3 is 2.45 bits per heavy atom. The van der Waals surface area contributed by atoms with E-state index < -0.39 is 6.10 Å². The van der Waals surface area contributed by atoms with E-state index >= 15 is 0 Å². The van der Waals surface area contributed by atoms with E-state index in [0.29, 0.717) is 41.5 Å². The van der Waals surface area contributed by atoms with Gasteiger partial charge in [-0.1, -0.05) is 11.6 Å². The van der Waals surface area contributed by atoms with Crippen LogP contribution in [0.3, 0.4) is 0 Å². The third-order valence-corrected chi connectivity index (χ3v) is 5.98. The van der Waals surface area contributed by atoms with Crippen molar-refractivity contribution in [2.24, 2.45) is 5.10 Å². The smallest absolute Gasteiger partial charge is 0.258 e. The molecule has 5 N–H and O–H groups in total. The molecule has 0 aromatic heterocycles. The standard InChI is InChI=1S/C28H36ClN5O6/c1-28(2,3)32-15-20(35)16-39-21-7-4-18(5-8-21)27(38)31-13-12-30-26(37)17-40-24-10-6-19(14-22(24)29)23-9-11-25(36)34-33-23/h4-8,10,14,20,32,35H,9,11-13,15-17H2,1-3H3,(H,30,37)(H,31,38)(H,34,36). The second-order valence-corrected chi connectivity index (χ2v) is 10.7. The van der Waals surface area contributed by atoms with Crippen LogP contribution in [0.2, 0.25) is 5.02 Å². The van der Waals surface area contributed by atoms with E-state index in [1.54, 1.807) is 42.5 Å². The zero-order valence-corrected chi connectivity index (χ0v) is 23.6. The van der Waals surface area contributed by atoms with E-state index in [1.807, 2.05) is 20.8 Å². The van der Waals surface area contributed by atoms with Gasteiger partial charge in [-0.2, -0.15) is 5.10 Å². The summed E-state index contributed by atoms with van der Waals surface area (Å²) < 4.78 is 11.1. The molecule has 1 aliphatic heterocycles. The monoisotopic (exact) mass is 573 g/mol. The van der Waals surface area contributed by atoms with Crippen LogP contribution < -0.4 is 30.8 Å². The molecule has 0 spiro atoms. The molecule has 3 rings (SSSR count). The maximum Gasteiger partial charge on any atom is 0.258 e. The fourth-order valence-electron chi connectivity index (χ4n) is 3.53. The fraction of sp³-hybridized carbons (Fsp3) is 0.429. The van der Waals surface area contributed by atoms with Crippen molar-refractivity contribution in [3.05, 3.63) is 58.6 Å². The summed E-state index contributed by atoms with van der Waals surface area (Å²) in [5.74, 6) is 0.107. The van der Waals surface area contributed by atoms with Crippen molar-refractivity contribution >= 4 is 35.0 Å². The van der Waals surface area contributed by atoms with Gasteiger partial charge in [0.05, 0.1) is 10.7 Å². The minimum atomic E-state index is -0.659. The molecule has 40 heavy (non-hydrogen) atoms. The second kappa shape index (κ2) is 14.6. The van der Waals surface area contributed by atoms with Crippen molar-refractivity contribution in [3.8, 4) is 11.5 Å². The van der Waals surface area contributed by atoms with Gasteiger partial charge >= 0.3 is 0 Å². The number of carbonyl (C=O) groups is 3. The number of hydrogen-bond acceptors (Lipinski definition) is 8. The van der Waals surface area contributed by atoms with Crippen LogP contribution in [0.1, 0.15) is 49.5 Å². The molecule has 0 bridgehead atoms. The molecule has 1 aliphatic rings. The van der Waals surface area contributed by atoms with Crippen LogP contribution in [0.15, 0.2) is 47.6 Å². The average molecular weight is 574 g/mol. The van der Waals surface area contributed by atoms with Crippen LogP contribution in [0.4, 0.5) is 0 Å². The summed E-state index contributed by atoms with van der Waals surface area (Å²) in [6, 6.07) is 11.7. The summed E-state index contributed by atoms with van der Waals surface area (Å²) in [6.45, 7) is 6.79. The van der Waals surface area contributed by atoms with E-state index in [1.165, 1.54) is 0 Å². The Balaban J connectivity index is 1.33. The van der Waals surface area contributed by atoms with Gasteiger partial charge in [0.15, 0.2) is 6.61 Å². The molecule has 0 fully saturated rings. The Morgan fingerprint density at radius 2 is 1.80 bits per heavy atom. The summed E-state index contributed by atoms with van der Waals surface area (Å²) in [4.78, 5) is 35.8. The van der Waals surface area contributed by atoms with Crippen molar-refractivity contribution in [3.63, 3.8) is 0 Å². The summed E-state index contributed by atoms with van der Waals surface area (Å²) in [5.41, 5.74) is 4.28. The van der Waals surface area contributed by atoms with Gasteiger partial charge in [-0.15, -0.1) is 0 Å². The van der Waals surface area contributed by atoms with Crippen molar-refractivity contribution in [2.45, 2.75) is 45.3 Å². The van der Waals surface area contributed by atoms with Gasteiger partial charge in [0.25, 0.3) is 11.8 Å². The first kappa shape index (κ1) is 30.9. The third-order valence-electron chi connectivity index (χ3n) is 5.69. The Hall–Kier alpha value is -3.67. The first-order chi connectivity index (χ1) is 19.0. The maximum absolute atomic E-state index is 12.4. The predicted octanol–water partition coefficient (Wildman–Crippen LogP) is 2.01. The molecular weight excluding hydrogens is 538 g/mol. The number of hydrazone groups is 1. The largest absolute Gasteiger partial charge is 0.491 e. The highest BCUT2D eigenvalue weighted by Crippen LogP contribution is 2.26. The Morgan fingerprint density at radius 1 is 1.07 bits per heavy atom. The lowest BCUT2D eigenvalue weighted by Crippen LogP contribution is -2.42. The number of β-amino-alcohol motifs (C(OH)–C–C–N with tert-alkyl or cyclic N) is 1. The normalized spacial score (nSPS) is 14.0. The number of nitrogens with one attached hydrogen (secondary N) is 4. The Labute approximate surface area is 238 Å². The average Bonchev–Trinajstić information content (AvgIpc) is 2.92. The summed E-state index contributed by atoms with van der Waals surface area (Å²) >= 11 is 6.28. The molecule has 1 atom stereocenters. The molecule has 2 aromatic rings. The van der Waals surface area contributed by atoms with Gasteiger partial charge in [0.2, 0.25) is 5.91 Å². The molecule has 1 heterocycles. The number of halogens is 1. The molecule has 2 aromatic carbocycles. The lowest BCUT2D eigenvalue weighted by Gasteiger charge is -2.22. The molecule has 0 saturated heterocycles. The van der Waals surface area contributed by atoms with Gasteiger partial charge in [-0.3, -0.25) is 14.4 Å². The van der Waals surface area contributed by atoms with Gasteiger partial charge in [-0.05, 0) is 68.8 Å². The first-order valence-electron chi connectivity index (χ1n) is 13.0. The molecule has 0 aliphatic carbocycles. The van der Waals surface area contributed by atoms with Crippen LogP contribution >= 0.6 is 11.6 Å². The number of rotatable bonds is 13. The van der Waals surface area contributed by atoms with Crippen LogP contribution in [-0.4, -0.2) is 73.0 Å². The molecule has 0 saturated carbocycles. The number of aliphatic hydroxyl groups excluding tert-OH is 1. The summed E-state index contributed by atoms with van der Waals surface area (Å²) in [7, 11) is 0. The van der Waals surface area contributed by atoms with Crippen LogP contribution in [0, 0.1) is 0 Å². The minimum absolute atomic E-state index is 0.0948. The number of hydrogen-bond donors (Lipinski definition) is 5. The number of amides is 3. The number of benzene rings is 2. The zero-order valence-electron chi connectivity index (χ0n) is 22.9. The Bertz CT molecular complexity index is 1210. The molecular formula is C28H36ClN5O6. The zero-order chi connectivity index (χ0) is 29.1. The van der Waals surface area contributed by atoms with Crippen molar-refractivity contribution < 1.29 is 29.0 Å². The lowest BCUT2D eigenvalue weighted by molar-refractivity contribution is -0.123. The topological polar surface area (TPSA) is 150 Å². The van der Waals surface area contributed by atoms with E-state index in [2.05, 4.69) is 26.5 Å². The Kier molecular flexibility index (Phi) is 11.3. The van der Waals surface area contributed by atoms with Gasteiger partial charge in [-0.25, -0.2) is 5.43 Å². The predicted molar refractivity (Wildman–Crippen MR) is 152 cm³/mol. The highest BCUT2D eigenvalue weighted by atomic mass is 35.5. The molecule has 12 heteroatoms. The molecule has 1 unspecified atom stereocenters. The van der Waals surface area contributed by atoms with Crippen LogP contribution in [-0.2, 0) is 9.59 Å². The fourth-order valence-corrected chi connectivity index (χ4v) is 3.77. The lowest BCUT2D eigenvalue weighted by atomic mass is 10.0. The van der Waals surface area contributed by atoms with Gasteiger partial charge < -0.3 is 30.5 Å². The van der Waals surface area contributed by atoms with Gasteiger partial charge in [0.1, 0.15) is 24.2 Å². The van der Waals surface area contributed by atoms with E-state index in [0.717, 1.165) is 11.3 Å². The molecule has 3 amide bonds. The third kappa shape index (κ3) is 10.5. The second-order valence-electron chi connectivity index (χ2n) is 10.3. The highest BCUT2D eigenvalue weighted by Gasteiger charge is 2.16. The number of nitrogens with zero attached hydrogens (tertiary/aromatic N) is 1. The number of carbonyl (C=O) groups excluding carboxylic acids is 3. The van der Waals surface area contributed by atoms with Gasteiger partial charge in [0, 0.05) is 43.6 Å². The highest BCUT2D eigenvalue weighted by molar-refractivity contribution is 6.32. The molecule has 11 nitrogen and oxygen atoms in total. The van der Waals surface area contributed by atoms with Crippen LogP contribution in [0.5, 0.6) is 11.5 Å². The summed E-state index contributed by atoms with van der Waals surface area (Å²) in [6.07, 6.45) is 0.217. The van der Waals surface area contributed by atoms with E-state index in [9.17, 15) is 19.5 Å². The van der Waals surface area contributed by atoms with Crippen LogP contribution in [0.25, 0.3) is 0 Å². The maximum atomic E-state index is 12.4. The number of ether oxygens (including phenoxy) is 2. The first-order valence-corrected chi connectivity index (χ1v) is 13.4. The van der Waals surface area contributed by atoms with E-state index in [-0.39, 0.29) is 49.6 Å².